The van der Waals surface area contributed by atoms with Crippen LogP contribution >= 0.6 is 0 Å². The van der Waals surface area contributed by atoms with E-state index in [0.717, 1.165) is 0 Å². The first kappa shape index (κ1) is 14.2. The number of anilines is 1. The Labute approximate surface area is 110 Å². The monoisotopic (exact) mass is 263 g/mol. The highest BCUT2D eigenvalue weighted by Gasteiger charge is 2.08. The first-order valence-corrected chi connectivity index (χ1v) is 5.37. The second kappa shape index (κ2) is 7.50. The topological polar surface area (TPSA) is 109 Å². The molecule has 0 unspecified atom stereocenters. The summed E-state index contributed by atoms with van der Waals surface area (Å²) < 4.78 is 9.60. The molecule has 0 aliphatic carbocycles. The summed E-state index contributed by atoms with van der Waals surface area (Å²) in [5, 5.41) is 8.76. The lowest BCUT2D eigenvalue weighted by atomic mass is 10.3. The van der Waals surface area contributed by atoms with Gasteiger partial charge in [0.1, 0.15) is 6.07 Å². The summed E-state index contributed by atoms with van der Waals surface area (Å²) in [4.78, 5) is 19.1. The summed E-state index contributed by atoms with van der Waals surface area (Å²) in [6.07, 6.45) is 2.66. The molecule has 0 aliphatic heterocycles. The molecule has 0 bridgehead atoms. The number of hydrogen-bond acceptors (Lipinski definition) is 8. The summed E-state index contributed by atoms with van der Waals surface area (Å²) in [5.41, 5.74) is 4.95. The normalized spacial score (nSPS) is 10.3. The molecule has 0 aromatic carbocycles. The molecule has 1 aromatic heterocycles. The number of rotatable bonds is 6. The van der Waals surface area contributed by atoms with Gasteiger partial charge in [-0.25, -0.2) is 9.78 Å². The van der Waals surface area contributed by atoms with Gasteiger partial charge in [-0.2, -0.15) is 10.2 Å². The van der Waals surface area contributed by atoms with Gasteiger partial charge in [-0.1, -0.05) is 0 Å². The van der Waals surface area contributed by atoms with Crippen LogP contribution in [-0.2, 0) is 9.53 Å². The number of hydrogen-bond donors (Lipinski definition) is 2. The predicted octanol–water partition coefficient (Wildman–Crippen LogP) is 0.372. The molecule has 19 heavy (non-hydrogen) atoms. The number of esters is 1. The van der Waals surface area contributed by atoms with Crippen molar-refractivity contribution in [2.75, 3.05) is 19.1 Å². The van der Waals surface area contributed by atoms with Crippen molar-refractivity contribution in [1.82, 2.24) is 15.4 Å². The molecule has 0 saturated heterocycles. The predicted molar refractivity (Wildman–Crippen MR) is 65.7 cm³/mol. The van der Waals surface area contributed by atoms with Crippen LogP contribution in [0.2, 0.25) is 0 Å². The van der Waals surface area contributed by atoms with E-state index in [0.29, 0.717) is 5.88 Å². The average molecular weight is 263 g/mol. The van der Waals surface area contributed by atoms with Gasteiger partial charge in [-0.05, 0) is 6.92 Å². The zero-order valence-electron chi connectivity index (χ0n) is 10.5. The van der Waals surface area contributed by atoms with E-state index in [1.807, 2.05) is 0 Å². The minimum absolute atomic E-state index is 0.169. The van der Waals surface area contributed by atoms with Crippen LogP contribution in [0.1, 0.15) is 6.92 Å². The van der Waals surface area contributed by atoms with Crippen molar-refractivity contribution in [3.63, 3.8) is 0 Å². The minimum Gasteiger partial charge on any atom is -0.481 e. The summed E-state index contributed by atoms with van der Waals surface area (Å²) >= 11 is 0. The van der Waals surface area contributed by atoms with E-state index < -0.39 is 5.97 Å². The van der Waals surface area contributed by atoms with Gasteiger partial charge < -0.3 is 14.9 Å². The highest BCUT2D eigenvalue weighted by Crippen LogP contribution is 2.06. The van der Waals surface area contributed by atoms with Gasteiger partial charge in [0.25, 0.3) is 0 Å². The Morgan fingerprint density at radius 2 is 2.42 bits per heavy atom. The molecule has 0 spiro atoms. The van der Waals surface area contributed by atoms with Crippen LogP contribution in [0.15, 0.2) is 24.0 Å². The maximum atomic E-state index is 11.3. The number of carbonyl (C=O) groups is 1. The number of hydrazine groups is 1. The molecule has 1 aromatic rings. The molecule has 100 valence electrons. The number of ether oxygens (including phenoxy) is 2. The molecule has 0 radical (unpaired) electrons. The molecular weight excluding hydrogens is 250 g/mol. The summed E-state index contributed by atoms with van der Waals surface area (Å²) in [6.45, 7) is 1.85. The molecule has 0 saturated carbocycles. The number of aromatic nitrogens is 2. The van der Waals surface area contributed by atoms with Crippen LogP contribution in [-0.4, -0.2) is 29.7 Å². The van der Waals surface area contributed by atoms with Crippen molar-refractivity contribution in [2.24, 2.45) is 0 Å². The van der Waals surface area contributed by atoms with Crippen LogP contribution in [0.4, 0.5) is 5.95 Å². The number of nitrogens with one attached hydrogen (secondary N) is 2. The third-order valence-electron chi connectivity index (χ3n) is 1.86. The first-order chi connectivity index (χ1) is 9.21. The number of nitrogens with zero attached hydrogens (tertiary/aromatic N) is 3. The van der Waals surface area contributed by atoms with Crippen molar-refractivity contribution in [3.8, 4) is 11.9 Å². The Morgan fingerprint density at radius 1 is 1.63 bits per heavy atom. The molecule has 1 rings (SSSR count). The lowest BCUT2D eigenvalue weighted by Gasteiger charge is -2.05. The second-order valence-electron chi connectivity index (χ2n) is 3.08. The van der Waals surface area contributed by atoms with E-state index >= 15 is 0 Å². The molecule has 8 heteroatoms. The smallest absolute Gasteiger partial charge is 0.350 e. The third-order valence-corrected chi connectivity index (χ3v) is 1.86. The van der Waals surface area contributed by atoms with Crippen LogP contribution in [0.3, 0.4) is 0 Å². The van der Waals surface area contributed by atoms with E-state index in [4.69, 9.17) is 10.00 Å². The highest BCUT2D eigenvalue weighted by molar-refractivity contribution is 5.92. The van der Waals surface area contributed by atoms with Gasteiger partial charge in [0.05, 0.1) is 13.7 Å². The molecule has 1 heterocycles. The lowest BCUT2D eigenvalue weighted by Crippen LogP contribution is -2.19. The van der Waals surface area contributed by atoms with Crippen molar-refractivity contribution in [2.45, 2.75) is 6.92 Å². The van der Waals surface area contributed by atoms with Gasteiger partial charge in [0, 0.05) is 18.5 Å². The maximum absolute atomic E-state index is 11.3. The Hall–Kier alpha value is -2.82. The molecular formula is C11H13N5O3. The van der Waals surface area contributed by atoms with Crippen LogP contribution in [0, 0.1) is 11.3 Å². The van der Waals surface area contributed by atoms with Gasteiger partial charge in [0.15, 0.2) is 5.57 Å². The van der Waals surface area contributed by atoms with Gasteiger partial charge in [0.2, 0.25) is 11.8 Å². The Bertz CT molecular complexity index is 509. The van der Waals surface area contributed by atoms with E-state index in [-0.39, 0.29) is 18.1 Å². The molecule has 0 aliphatic rings. The highest BCUT2D eigenvalue weighted by atomic mass is 16.5. The number of nitriles is 1. The third kappa shape index (κ3) is 4.51. The largest absolute Gasteiger partial charge is 0.481 e. The zero-order valence-corrected chi connectivity index (χ0v) is 10.5. The van der Waals surface area contributed by atoms with Gasteiger partial charge >= 0.3 is 5.97 Å². The summed E-state index contributed by atoms with van der Waals surface area (Å²) in [5.74, 6) is -0.0863. The fraction of sp³-hybridized carbons (Fsp3) is 0.273. The van der Waals surface area contributed by atoms with Gasteiger partial charge in [-0.15, -0.1) is 0 Å². The first-order valence-electron chi connectivity index (χ1n) is 5.37. The van der Waals surface area contributed by atoms with Crippen molar-refractivity contribution in [1.29, 1.82) is 5.26 Å². The zero-order chi connectivity index (χ0) is 14.1. The molecule has 0 fully saturated rings. The standard InChI is InChI=1S/C11H13N5O3/c1-3-19-10(17)8(6-12)7-14-16-11-13-5-4-9(15-11)18-2/h4-5,7,14H,3H2,1-2H3,(H,13,15,16)/b8-7+. The summed E-state index contributed by atoms with van der Waals surface area (Å²) in [7, 11) is 1.48. The Balaban J connectivity index is 2.60. The van der Waals surface area contributed by atoms with Crippen molar-refractivity contribution >= 4 is 11.9 Å². The fourth-order valence-electron chi connectivity index (χ4n) is 1.03. The number of methoxy groups -OCH3 is 1. The molecule has 8 nitrogen and oxygen atoms in total. The van der Waals surface area contributed by atoms with Crippen LogP contribution in [0.5, 0.6) is 5.88 Å². The van der Waals surface area contributed by atoms with E-state index in [1.54, 1.807) is 19.1 Å². The van der Waals surface area contributed by atoms with E-state index in [1.165, 1.54) is 19.5 Å². The van der Waals surface area contributed by atoms with Crippen LogP contribution < -0.4 is 15.6 Å². The molecule has 2 N–H and O–H groups in total. The fourth-order valence-corrected chi connectivity index (χ4v) is 1.03. The van der Waals surface area contributed by atoms with Gasteiger partial charge in [-0.3, -0.25) is 5.43 Å². The number of carbonyl (C=O) groups excluding carboxylic acids is 1. The van der Waals surface area contributed by atoms with E-state index in [2.05, 4.69) is 25.6 Å². The average Bonchev–Trinajstić information content (AvgIpc) is 2.44. The second-order valence-corrected chi connectivity index (χ2v) is 3.08. The summed E-state index contributed by atoms with van der Waals surface area (Å²) in [6, 6.07) is 3.30. The quantitative estimate of drug-likeness (QED) is 0.328. The molecule has 0 atom stereocenters. The maximum Gasteiger partial charge on any atom is 0.350 e. The van der Waals surface area contributed by atoms with E-state index in [9.17, 15) is 4.79 Å². The Kier molecular flexibility index (Phi) is 5.62. The van der Waals surface area contributed by atoms with Crippen LogP contribution in [0.25, 0.3) is 0 Å². The Morgan fingerprint density at radius 3 is 3.05 bits per heavy atom. The van der Waals surface area contributed by atoms with Crippen molar-refractivity contribution in [3.05, 3.63) is 24.0 Å². The van der Waals surface area contributed by atoms with Crippen molar-refractivity contribution < 1.29 is 14.3 Å². The SMILES string of the molecule is CCOC(=O)/C(C#N)=C/NNc1nccc(OC)n1. The molecule has 0 amide bonds. The minimum atomic E-state index is -0.703. The lowest BCUT2D eigenvalue weighted by molar-refractivity contribution is -0.138.